The molecule has 170 valence electrons. The van der Waals surface area contributed by atoms with Crippen LogP contribution >= 0.6 is 15.9 Å². The molecule has 3 N–H and O–H groups in total. The van der Waals surface area contributed by atoms with Gasteiger partial charge in [-0.2, -0.15) is 0 Å². The number of benzene rings is 2. The molecule has 32 heavy (non-hydrogen) atoms. The SMILES string of the molecule is CCCCCC[C@@H](NC(=O)/C(=C\c1ccc(F)cc1)NC(=O)c1ccc(Br)cc1)C(=O)O. The quantitative estimate of drug-likeness (QED) is 0.299. The number of carbonyl (C=O) groups excluding carboxylic acids is 2. The van der Waals surface area contributed by atoms with Crippen molar-refractivity contribution in [2.24, 2.45) is 0 Å². The predicted molar refractivity (Wildman–Crippen MR) is 124 cm³/mol. The van der Waals surface area contributed by atoms with Gasteiger partial charge in [0.25, 0.3) is 11.8 Å². The van der Waals surface area contributed by atoms with E-state index in [4.69, 9.17) is 0 Å². The number of rotatable bonds is 11. The molecule has 8 heteroatoms. The van der Waals surface area contributed by atoms with Gasteiger partial charge in [0.1, 0.15) is 17.6 Å². The Labute approximate surface area is 195 Å². The van der Waals surface area contributed by atoms with Crippen molar-refractivity contribution in [1.82, 2.24) is 10.6 Å². The number of carboxylic acids is 1. The Morgan fingerprint density at radius 3 is 2.28 bits per heavy atom. The van der Waals surface area contributed by atoms with Crippen molar-refractivity contribution in [2.75, 3.05) is 0 Å². The molecule has 0 saturated heterocycles. The van der Waals surface area contributed by atoms with E-state index in [1.807, 2.05) is 0 Å². The zero-order valence-electron chi connectivity index (χ0n) is 17.7. The number of unbranched alkanes of at least 4 members (excludes halogenated alkanes) is 3. The van der Waals surface area contributed by atoms with Crippen molar-refractivity contribution in [3.05, 3.63) is 75.6 Å². The molecular formula is C24H26BrFN2O4. The molecule has 2 amide bonds. The second kappa shape index (κ2) is 12.8. The summed E-state index contributed by atoms with van der Waals surface area (Å²) in [5.41, 5.74) is 0.659. The lowest BCUT2D eigenvalue weighted by atomic mass is 10.1. The minimum absolute atomic E-state index is 0.135. The standard InChI is InChI=1S/C24H26BrFN2O4/c1-2-3-4-5-6-20(24(31)32)27-23(30)21(15-16-7-13-19(26)14-8-16)28-22(29)17-9-11-18(25)12-10-17/h7-15,20H,2-6H2,1H3,(H,27,30)(H,28,29)(H,31,32)/b21-15+/t20-/m1/s1. The van der Waals surface area contributed by atoms with E-state index in [0.29, 0.717) is 17.5 Å². The molecule has 0 aliphatic carbocycles. The lowest BCUT2D eigenvalue weighted by molar-refractivity contribution is -0.141. The van der Waals surface area contributed by atoms with Crippen LogP contribution in [0.2, 0.25) is 0 Å². The Morgan fingerprint density at radius 1 is 1.03 bits per heavy atom. The monoisotopic (exact) mass is 504 g/mol. The van der Waals surface area contributed by atoms with Crippen molar-refractivity contribution >= 4 is 39.8 Å². The first-order chi connectivity index (χ1) is 15.3. The maximum Gasteiger partial charge on any atom is 0.326 e. The maximum absolute atomic E-state index is 13.2. The van der Waals surface area contributed by atoms with E-state index in [1.54, 1.807) is 24.3 Å². The Balaban J connectivity index is 2.22. The molecule has 0 bridgehead atoms. The molecule has 2 aromatic rings. The van der Waals surface area contributed by atoms with Crippen LogP contribution < -0.4 is 10.6 Å². The van der Waals surface area contributed by atoms with E-state index in [9.17, 15) is 23.9 Å². The van der Waals surface area contributed by atoms with E-state index in [1.165, 1.54) is 30.3 Å². The number of carboxylic acid groups (broad SMARTS) is 1. The highest BCUT2D eigenvalue weighted by Crippen LogP contribution is 2.13. The zero-order chi connectivity index (χ0) is 23.5. The summed E-state index contributed by atoms with van der Waals surface area (Å²) in [6.07, 6.45) is 5.19. The number of carbonyl (C=O) groups is 3. The molecular weight excluding hydrogens is 479 g/mol. The molecule has 0 radical (unpaired) electrons. The fraction of sp³-hybridized carbons (Fsp3) is 0.292. The number of hydrogen-bond acceptors (Lipinski definition) is 3. The average molecular weight is 505 g/mol. The summed E-state index contributed by atoms with van der Waals surface area (Å²) >= 11 is 3.30. The zero-order valence-corrected chi connectivity index (χ0v) is 19.3. The summed E-state index contributed by atoms with van der Waals surface area (Å²) < 4.78 is 14.0. The van der Waals surface area contributed by atoms with E-state index >= 15 is 0 Å². The summed E-state index contributed by atoms with van der Waals surface area (Å²) in [5.74, 6) is -2.85. The van der Waals surface area contributed by atoms with Gasteiger partial charge in [0.2, 0.25) is 0 Å². The fourth-order valence-electron chi connectivity index (χ4n) is 2.95. The molecule has 0 aliphatic heterocycles. The van der Waals surface area contributed by atoms with Crippen LogP contribution in [0.5, 0.6) is 0 Å². The summed E-state index contributed by atoms with van der Waals surface area (Å²) in [4.78, 5) is 37.2. The third-order valence-electron chi connectivity index (χ3n) is 4.73. The van der Waals surface area contributed by atoms with Crippen molar-refractivity contribution in [3.63, 3.8) is 0 Å². The molecule has 0 heterocycles. The third kappa shape index (κ3) is 8.26. The largest absolute Gasteiger partial charge is 0.480 e. The van der Waals surface area contributed by atoms with Gasteiger partial charge in [-0.1, -0.05) is 60.7 Å². The number of amides is 2. The third-order valence-corrected chi connectivity index (χ3v) is 5.26. The van der Waals surface area contributed by atoms with Crippen LogP contribution in [0.1, 0.15) is 54.9 Å². The highest BCUT2D eigenvalue weighted by molar-refractivity contribution is 9.10. The summed E-state index contributed by atoms with van der Waals surface area (Å²) in [7, 11) is 0. The lowest BCUT2D eigenvalue weighted by Crippen LogP contribution is -2.44. The van der Waals surface area contributed by atoms with E-state index < -0.39 is 29.6 Å². The molecule has 0 spiro atoms. The van der Waals surface area contributed by atoms with Gasteiger partial charge in [-0.05, 0) is 54.5 Å². The summed E-state index contributed by atoms with van der Waals surface area (Å²) in [6.45, 7) is 2.05. The van der Waals surface area contributed by atoms with Crippen molar-refractivity contribution in [2.45, 2.75) is 45.1 Å². The second-order valence-corrected chi connectivity index (χ2v) is 8.20. The van der Waals surface area contributed by atoms with Crippen LogP contribution in [0.15, 0.2) is 58.7 Å². The van der Waals surface area contributed by atoms with Gasteiger partial charge >= 0.3 is 5.97 Å². The first-order valence-corrected chi connectivity index (χ1v) is 11.2. The first-order valence-electron chi connectivity index (χ1n) is 10.4. The van der Waals surface area contributed by atoms with Gasteiger partial charge in [0, 0.05) is 10.0 Å². The van der Waals surface area contributed by atoms with Gasteiger partial charge < -0.3 is 15.7 Å². The van der Waals surface area contributed by atoms with Crippen LogP contribution in [0, 0.1) is 5.82 Å². The highest BCUT2D eigenvalue weighted by atomic mass is 79.9. The van der Waals surface area contributed by atoms with Crippen LogP contribution in [0.25, 0.3) is 6.08 Å². The van der Waals surface area contributed by atoms with Crippen LogP contribution in [0.3, 0.4) is 0 Å². The van der Waals surface area contributed by atoms with Gasteiger partial charge in [0.15, 0.2) is 0 Å². The van der Waals surface area contributed by atoms with E-state index in [0.717, 1.165) is 23.7 Å². The Hall–Kier alpha value is -3.00. The molecule has 0 unspecified atom stereocenters. The topological polar surface area (TPSA) is 95.5 Å². The lowest BCUT2D eigenvalue weighted by Gasteiger charge is -2.17. The molecule has 0 fully saturated rings. The minimum Gasteiger partial charge on any atom is -0.480 e. The average Bonchev–Trinajstić information content (AvgIpc) is 2.77. The van der Waals surface area contributed by atoms with Crippen molar-refractivity contribution in [3.8, 4) is 0 Å². The second-order valence-electron chi connectivity index (χ2n) is 7.28. The Bertz CT molecular complexity index is 959. The molecule has 0 aliphatic rings. The van der Waals surface area contributed by atoms with Crippen LogP contribution in [0.4, 0.5) is 4.39 Å². The molecule has 6 nitrogen and oxygen atoms in total. The van der Waals surface area contributed by atoms with E-state index in [-0.39, 0.29) is 12.1 Å². The van der Waals surface area contributed by atoms with Gasteiger partial charge in [-0.3, -0.25) is 9.59 Å². The van der Waals surface area contributed by atoms with Gasteiger partial charge in [-0.15, -0.1) is 0 Å². The summed E-state index contributed by atoms with van der Waals surface area (Å²) in [5, 5.41) is 14.5. The van der Waals surface area contributed by atoms with Gasteiger partial charge in [0.05, 0.1) is 0 Å². The van der Waals surface area contributed by atoms with Gasteiger partial charge in [-0.25, -0.2) is 9.18 Å². The first kappa shape index (κ1) is 25.3. The molecule has 1 atom stereocenters. The number of nitrogens with one attached hydrogen (secondary N) is 2. The Kier molecular flexibility index (Phi) is 10.1. The molecule has 2 rings (SSSR count). The maximum atomic E-state index is 13.2. The minimum atomic E-state index is -1.14. The molecule has 0 saturated carbocycles. The molecule has 2 aromatic carbocycles. The number of hydrogen-bond donors (Lipinski definition) is 3. The van der Waals surface area contributed by atoms with Crippen molar-refractivity contribution in [1.29, 1.82) is 0 Å². The van der Waals surface area contributed by atoms with Crippen LogP contribution in [-0.2, 0) is 9.59 Å². The number of aliphatic carboxylic acids is 1. The predicted octanol–water partition coefficient (Wildman–Crippen LogP) is 4.90. The fourth-order valence-corrected chi connectivity index (χ4v) is 3.21. The van der Waals surface area contributed by atoms with Crippen LogP contribution in [-0.4, -0.2) is 28.9 Å². The normalized spacial score (nSPS) is 12.2. The van der Waals surface area contributed by atoms with Crippen molar-refractivity contribution < 1.29 is 23.9 Å². The van der Waals surface area contributed by atoms with E-state index in [2.05, 4.69) is 33.5 Å². The highest BCUT2D eigenvalue weighted by Gasteiger charge is 2.23. The smallest absolute Gasteiger partial charge is 0.326 e. The Morgan fingerprint density at radius 2 is 1.69 bits per heavy atom. The molecule has 0 aromatic heterocycles. The number of halogens is 2. The summed E-state index contributed by atoms with van der Waals surface area (Å²) in [6, 6.07) is 10.8.